The van der Waals surface area contributed by atoms with E-state index >= 15 is 0 Å². The smallest absolute Gasteiger partial charge is 0.159 e. The number of nitrogens with one attached hydrogen (secondary N) is 1. The summed E-state index contributed by atoms with van der Waals surface area (Å²) in [5.41, 5.74) is 0.818. The van der Waals surface area contributed by atoms with Crippen LogP contribution in [-0.2, 0) is 0 Å². The van der Waals surface area contributed by atoms with Crippen LogP contribution < -0.4 is 5.32 Å². The fourth-order valence-corrected chi connectivity index (χ4v) is 3.64. The molecule has 2 nitrogen and oxygen atoms in total. The van der Waals surface area contributed by atoms with Crippen LogP contribution in [0.25, 0.3) is 0 Å². The van der Waals surface area contributed by atoms with E-state index in [1.807, 2.05) is 6.92 Å². The van der Waals surface area contributed by atoms with E-state index in [0.717, 1.165) is 18.5 Å². The van der Waals surface area contributed by atoms with Crippen molar-refractivity contribution in [1.82, 2.24) is 10.2 Å². The molecule has 0 bridgehead atoms. The molecule has 0 amide bonds. The van der Waals surface area contributed by atoms with Crippen molar-refractivity contribution in [2.24, 2.45) is 0 Å². The van der Waals surface area contributed by atoms with Gasteiger partial charge in [0.2, 0.25) is 0 Å². The highest BCUT2D eigenvalue weighted by atomic mass is 19.2. The third-order valence-electron chi connectivity index (χ3n) is 4.76. The molecule has 0 aliphatic carbocycles. The van der Waals surface area contributed by atoms with Gasteiger partial charge in [-0.2, -0.15) is 0 Å². The third-order valence-corrected chi connectivity index (χ3v) is 4.76. The maximum absolute atomic E-state index is 13.3. The van der Waals surface area contributed by atoms with Crippen molar-refractivity contribution in [2.75, 3.05) is 13.1 Å². The Hall–Kier alpha value is -1.00. The minimum atomic E-state index is -0.778. The molecule has 0 saturated carbocycles. The highest BCUT2D eigenvalue weighted by Crippen LogP contribution is 2.29. The van der Waals surface area contributed by atoms with Gasteiger partial charge in [-0.25, -0.2) is 8.78 Å². The highest BCUT2D eigenvalue weighted by molar-refractivity contribution is 5.21. The quantitative estimate of drug-likeness (QED) is 0.914. The summed E-state index contributed by atoms with van der Waals surface area (Å²) in [4.78, 5) is 2.57. The number of rotatable bonds is 3. The molecule has 3 atom stereocenters. The molecule has 1 aromatic carbocycles. The molecule has 2 fully saturated rings. The van der Waals surface area contributed by atoms with Crippen LogP contribution in [0.5, 0.6) is 0 Å². The molecule has 0 radical (unpaired) electrons. The molecule has 1 N–H and O–H groups in total. The summed E-state index contributed by atoms with van der Waals surface area (Å²) in [5, 5.41) is 3.61. The number of fused-ring (bicyclic) bond motifs is 1. The van der Waals surface area contributed by atoms with E-state index in [2.05, 4.69) is 10.2 Å². The fourth-order valence-electron chi connectivity index (χ4n) is 3.64. The Morgan fingerprint density at radius 3 is 2.80 bits per heavy atom. The Kier molecular flexibility index (Phi) is 4.03. The van der Waals surface area contributed by atoms with Crippen LogP contribution in [0, 0.1) is 11.6 Å². The first-order chi connectivity index (χ1) is 9.65. The van der Waals surface area contributed by atoms with E-state index in [-0.39, 0.29) is 6.04 Å². The van der Waals surface area contributed by atoms with Gasteiger partial charge >= 0.3 is 0 Å². The van der Waals surface area contributed by atoms with Gasteiger partial charge in [-0.3, -0.25) is 4.90 Å². The molecule has 20 heavy (non-hydrogen) atoms. The van der Waals surface area contributed by atoms with Gasteiger partial charge < -0.3 is 5.32 Å². The third kappa shape index (κ3) is 2.72. The minimum absolute atomic E-state index is 0.0528. The summed E-state index contributed by atoms with van der Waals surface area (Å²) in [6, 6.07) is 5.33. The Labute approximate surface area is 119 Å². The predicted molar refractivity (Wildman–Crippen MR) is 75.5 cm³/mol. The fraction of sp³-hybridized carbons (Fsp3) is 0.625. The minimum Gasteiger partial charge on any atom is -0.306 e. The first-order valence-corrected chi connectivity index (χ1v) is 7.60. The van der Waals surface area contributed by atoms with Gasteiger partial charge in [0.25, 0.3) is 0 Å². The molecular weight excluding hydrogens is 258 g/mol. The van der Waals surface area contributed by atoms with Crippen molar-refractivity contribution in [3.05, 3.63) is 35.4 Å². The van der Waals surface area contributed by atoms with Crippen molar-refractivity contribution in [3.8, 4) is 0 Å². The standard InChI is InChI=1S/C16H22F2N2/c1-11(12-5-6-13(17)14(18)10-12)19-15-7-9-20-8-3-2-4-16(15)20/h5-6,10-11,15-16,19H,2-4,7-9H2,1H3. The first kappa shape index (κ1) is 14.0. The summed E-state index contributed by atoms with van der Waals surface area (Å²) < 4.78 is 26.3. The second-order valence-electron chi connectivity index (χ2n) is 6.06. The molecular formula is C16H22F2N2. The number of hydrogen-bond acceptors (Lipinski definition) is 2. The molecule has 0 aromatic heterocycles. The molecule has 2 saturated heterocycles. The monoisotopic (exact) mass is 280 g/mol. The van der Waals surface area contributed by atoms with E-state index in [0.29, 0.717) is 12.1 Å². The molecule has 3 unspecified atom stereocenters. The Morgan fingerprint density at radius 1 is 1.15 bits per heavy atom. The lowest BCUT2D eigenvalue weighted by atomic mass is 9.97. The number of nitrogens with zero attached hydrogens (tertiary/aromatic N) is 1. The molecule has 0 spiro atoms. The van der Waals surface area contributed by atoms with Crippen LogP contribution in [0.3, 0.4) is 0 Å². The first-order valence-electron chi connectivity index (χ1n) is 7.60. The lowest BCUT2D eigenvalue weighted by Crippen LogP contribution is -2.45. The summed E-state index contributed by atoms with van der Waals surface area (Å²) in [6.07, 6.45) is 5.02. The summed E-state index contributed by atoms with van der Waals surface area (Å²) in [6.45, 7) is 4.40. The normalized spacial score (nSPS) is 28.4. The predicted octanol–water partition coefficient (Wildman–Crippen LogP) is 3.24. The number of piperidine rings is 1. The largest absolute Gasteiger partial charge is 0.306 e. The van der Waals surface area contributed by atoms with E-state index in [4.69, 9.17) is 0 Å². The number of benzene rings is 1. The average Bonchev–Trinajstić information content (AvgIpc) is 2.85. The molecule has 110 valence electrons. The second-order valence-corrected chi connectivity index (χ2v) is 6.06. The Morgan fingerprint density at radius 2 is 2.00 bits per heavy atom. The van der Waals surface area contributed by atoms with Crippen LogP contribution in [0.2, 0.25) is 0 Å². The van der Waals surface area contributed by atoms with Crippen molar-refractivity contribution in [1.29, 1.82) is 0 Å². The van der Waals surface area contributed by atoms with Gasteiger partial charge in [-0.1, -0.05) is 12.5 Å². The van der Waals surface area contributed by atoms with Gasteiger partial charge in [0.05, 0.1) is 0 Å². The Bertz CT molecular complexity index is 478. The Balaban J connectivity index is 1.66. The molecule has 2 aliphatic heterocycles. The van der Waals surface area contributed by atoms with Crippen LogP contribution in [0.1, 0.15) is 44.2 Å². The number of halogens is 2. The highest BCUT2D eigenvalue weighted by Gasteiger charge is 2.35. The van der Waals surface area contributed by atoms with Crippen LogP contribution >= 0.6 is 0 Å². The zero-order valence-corrected chi connectivity index (χ0v) is 11.9. The summed E-state index contributed by atoms with van der Waals surface area (Å²) in [7, 11) is 0. The van der Waals surface area contributed by atoms with E-state index < -0.39 is 11.6 Å². The molecule has 1 aromatic rings. The molecule has 2 aliphatic rings. The van der Waals surface area contributed by atoms with Gasteiger partial charge in [0, 0.05) is 24.7 Å². The average molecular weight is 280 g/mol. The van der Waals surface area contributed by atoms with E-state index in [9.17, 15) is 8.78 Å². The molecule has 3 rings (SSSR count). The molecule has 2 heterocycles. The van der Waals surface area contributed by atoms with E-state index in [1.165, 1.54) is 37.9 Å². The molecule has 4 heteroatoms. The summed E-state index contributed by atoms with van der Waals surface area (Å²) in [5.74, 6) is -1.54. The maximum atomic E-state index is 13.3. The van der Waals surface area contributed by atoms with E-state index in [1.54, 1.807) is 6.07 Å². The lowest BCUT2D eigenvalue weighted by molar-refractivity contribution is 0.177. The van der Waals surface area contributed by atoms with Crippen molar-refractivity contribution >= 4 is 0 Å². The van der Waals surface area contributed by atoms with Crippen molar-refractivity contribution < 1.29 is 8.78 Å². The summed E-state index contributed by atoms with van der Waals surface area (Å²) >= 11 is 0. The maximum Gasteiger partial charge on any atom is 0.159 e. The van der Waals surface area contributed by atoms with Crippen LogP contribution in [0.4, 0.5) is 8.78 Å². The van der Waals surface area contributed by atoms with Gasteiger partial charge in [-0.15, -0.1) is 0 Å². The zero-order chi connectivity index (χ0) is 14.1. The lowest BCUT2D eigenvalue weighted by Gasteiger charge is -2.34. The van der Waals surface area contributed by atoms with Crippen LogP contribution in [0.15, 0.2) is 18.2 Å². The number of hydrogen-bond donors (Lipinski definition) is 1. The van der Waals surface area contributed by atoms with Gasteiger partial charge in [0.15, 0.2) is 11.6 Å². The van der Waals surface area contributed by atoms with Crippen molar-refractivity contribution in [2.45, 2.75) is 50.7 Å². The van der Waals surface area contributed by atoms with Gasteiger partial charge in [0.1, 0.15) is 0 Å². The topological polar surface area (TPSA) is 15.3 Å². The second kappa shape index (κ2) is 5.78. The zero-order valence-electron chi connectivity index (χ0n) is 11.9. The SMILES string of the molecule is CC(NC1CCN2CCCCC12)c1ccc(F)c(F)c1. The van der Waals surface area contributed by atoms with Crippen molar-refractivity contribution in [3.63, 3.8) is 0 Å². The van der Waals surface area contributed by atoms with Gasteiger partial charge in [-0.05, 0) is 50.4 Å². The van der Waals surface area contributed by atoms with Crippen LogP contribution in [-0.4, -0.2) is 30.1 Å².